The van der Waals surface area contributed by atoms with Gasteiger partial charge < -0.3 is 14.9 Å². The van der Waals surface area contributed by atoms with E-state index in [2.05, 4.69) is 0 Å². The van der Waals surface area contributed by atoms with Crippen molar-refractivity contribution in [3.05, 3.63) is 42.0 Å². The van der Waals surface area contributed by atoms with Crippen molar-refractivity contribution >= 4 is 5.97 Å². The molecule has 1 heterocycles. The van der Waals surface area contributed by atoms with Gasteiger partial charge in [-0.25, -0.2) is 0 Å². The zero-order chi connectivity index (χ0) is 15.3. The number of hydrogen-bond acceptors (Lipinski definition) is 3. The van der Waals surface area contributed by atoms with E-state index in [4.69, 9.17) is 9.84 Å². The summed E-state index contributed by atoms with van der Waals surface area (Å²) in [5.41, 5.74) is 1.09. The van der Waals surface area contributed by atoms with Crippen molar-refractivity contribution < 1.29 is 19.7 Å². The highest BCUT2D eigenvalue weighted by Gasteiger charge is 2.31. The number of allylic oxidation sites excluding steroid dienone is 1. The molecule has 1 aromatic rings. The Balaban J connectivity index is 2.07. The Morgan fingerprint density at radius 3 is 2.95 bits per heavy atom. The van der Waals surface area contributed by atoms with E-state index in [1.54, 1.807) is 12.2 Å². The number of ether oxygens (including phenoxy) is 1. The minimum atomic E-state index is -1.33. The van der Waals surface area contributed by atoms with E-state index in [9.17, 15) is 9.90 Å². The summed E-state index contributed by atoms with van der Waals surface area (Å²) in [7, 11) is 0. The molecule has 1 aromatic carbocycles. The average Bonchev–Trinajstić information content (AvgIpc) is 2.44. The molecule has 2 N–H and O–H groups in total. The number of fused-ring (bicyclic) bond motifs is 1. The quantitative estimate of drug-likeness (QED) is 0.790. The highest BCUT2D eigenvalue weighted by molar-refractivity contribution is 5.67. The molecule has 0 fully saturated rings. The fourth-order valence-electron chi connectivity index (χ4n) is 2.63. The molecule has 0 amide bonds. The molecule has 0 aliphatic carbocycles. The van der Waals surface area contributed by atoms with Crippen LogP contribution in [-0.2, 0) is 11.2 Å². The zero-order valence-electron chi connectivity index (χ0n) is 12.3. The number of benzene rings is 1. The lowest BCUT2D eigenvalue weighted by molar-refractivity contribution is -0.137. The zero-order valence-corrected chi connectivity index (χ0v) is 12.3. The summed E-state index contributed by atoms with van der Waals surface area (Å²) in [6, 6.07) is 7.65. The predicted molar refractivity (Wildman–Crippen MR) is 80.1 cm³/mol. The number of rotatable bonds is 6. The molecule has 0 aromatic heterocycles. The van der Waals surface area contributed by atoms with Crippen LogP contribution in [0, 0.1) is 5.92 Å². The number of carbonyl (C=O) groups is 1. The molecule has 2 rings (SSSR count). The third kappa shape index (κ3) is 4.33. The van der Waals surface area contributed by atoms with Gasteiger partial charge in [-0.3, -0.25) is 4.79 Å². The van der Waals surface area contributed by atoms with E-state index in [1.165, 1.54) is 0 Å². The molecule has 2 unspecified atom stereocenters. The van der Waals surface area contributed by atoms with E-state index in [-0.39, 0.29) is 12.3 Å². The lowest BCUT2D eigenvalue weighted by atomic mass is 9.95. The van der Waals surface area contributed by atoms with Crippen LogP contribution in [0.1, 0.15) is 38.2 Å². The van der Waals surface area contributed by atoms with Gasteiger partial charge >= 0.3 is 5.97 Å². The first kappa shape index (κ1) is 15.6. The van der Waals surface area contributed by atoms with Crippen molar-refractivity contribution in [1.82, 2.24) is 0 Å². The normalized spacial score (nSPS) is 22.6. The van der Waals surface area contributed by atoms with Gasteiger partial charge in [0.25, 0.3) is 0 Å². The predicted octanol–water partition coefficient (Wildman–Crippen LogP) is 3.15. The van der Waals surface area contributed by atoms with E-state index in [0.717, 1.165) is 24.8 Å². The first-order chi connectivity index (χ1) is 10.0. The van der Waals surface area contributed by atoms with Crippen molar-refractivity contribution in [2.45, 2.75) is 44.8 Å². The number of aliphatic hydroxyl groups is 1. The van der Waals surface area contributed by atoms with E-state index in [0.29, 0.717) is 12.2 Å². The van der Waals surface area contributed by atoms with Crippen molar-refractivity contribution in [2.24, 2.45) is 5.92 Å². The van der Waals surface area contributed by atoms with Gasteiger partial charge in [0.2, 0.25) is 5.79 Å². The van der Waals surface area contributed by atoms with E-state index < -0.39 is 11.8 Å². The van der Waals surface area contributed by atoms with Gasteiger partial charge in [-0.15, -0.1) is 0 Å². The van der Waals surface area contributed by atoms with Crippen molar-refractivity contribution in [3.8, 4) is 5.75 Å². The smallest absolute Gasteiger partial charge is 0.303 e. The molecule has 2 atom stereocenters. The summed E-state index contributed by atoms with van der Waals surface area (Å²) in [6.07, 6.45) is 6.40. The lowest BCUT2D eigenvalue weighted by Crippen LogP contribution is -2.37. The molecule has 0 radical (unpaired) electrons. The van der Waals surface area contributed by atoms with Gasteiger partial charge in [0.15, 0.2) is 0 Å². The summed E-state index contributed by atoms with van der Waals surface area (Å²) in [4.78, 5) is 10.9. The molecular weight excluding hydrogens is 268 g/mol. The molecule has 4 nitrogen and oxygen atoms in total. The Morgan fingerprint density at radius 2 is 2.24 bits per heavy atom. The summed E-state index contributed by atoms with van der Waals surface area (Å²) >= 11 is 0. The second-order valence-electron chi connectivity index (χ2n) is 5.56. The van der Waals surface area contributed by atoms with Gasteiger partial charge in [0, 0.05) is 6.42 Å². The van der Waals surface area contributed by atoms with Crippen LogP contribution < -0.4 is 4.74 Å². The molecule has 114 valence electrons. The van der Waals surface area contributed by atoms with E-state index in [1.807, 2.05) is 31.2 Å². The molecule has 21 heavy (non-hydrogen) atoms. The second kappa shape index (κ2) is 6.76. The van der Waals surface area contributed by atoms with Gasteiger partial charge in [-0.2, -0.15) is 0 Å². The van der Waals surface area contributed by atoms with Crippen molar-refractivity contribution in [3.63, 3.8) is 0 Å². The maximum absolute atomic E-state index is 10.9. The van der Waals surface area contributed by atoms with Crippen LogP contribution >= 0.6 is 0 Å². The van der Waals surface area contributed by atoms with Crippen LogP contribution in [-0.4, -0.2) is 22.0 Å². The largest absolute Gasteiger partial charge is 0.481 e. The molecule has 0 saturated carbocycles. The van der Waals surface area contributed by atoms with E-state index >= 15 is 0 Å². The maximum atomic E-state index is 10.9. The summed E-state index contributed by atoms with van der Waals surface area (Å²) in [5.74, 6) is -1.53. The summed E-state index contributed by atoms with van der Waals surface area (Å²) in [5, 5.41) is 19.4. The number of aryl methyl sites for hydroxylation is 1. The van der Waals surface area contributed by atoms with Crippen LogP contribution in [0.25, 0.3) is 0 Å². The molecule has 4 heteroatoms. The number of aliphatic carboxylic acids is 1. The molecule has 1 aliphatic rings. The molecule has 0 bridgehead atoms. The summed E-state index contributed by atoms with van der Waals surface area (Å²) in [6.45, 7) is 2.02. The van der Waals surface area contributed by atoms with Crippen LogP contribution in [0.15, 0.2) is 36.4 Å². The van der Waals surface area contributed by atoms with Crippen LogP contribution in [0.5, 0.6) is 5.75 Å². The minimum Gasteiger partial charge on any atom is -0.481 e. The maximum Gasteiger partial charge on any atom is 0.303 e. The lowest BCUT2D eigenvalue weighted by Gasteiger charge is -2.32. The Hall–Kier alpha value is -1.81. The standard InChI is InChI=1S/C17H22O4/c1-2-5-13(12-16(18)19)8-10-17(20)11-9-14-6-3-4-7-15(14)21-17/h3-4,6-8,10,13,20H,2,5,9,11-12H2,1H3,(H,18,19). The van der Waals surface area contributed by atoms with Gasteiger partial charge in [-0.1, -0.05) is 37.6 Å². The first-order valence-corrected chi connectivity index (χ1v) is 7.43. The van der Waals surface area contributed by atoms with Crippen molar-refractivity contribution in [1.29, 1.82) is 0 Å². The minimum absolute atomic E-state index is 0.0719. The number of carboxylic acid groups (broad SMARTS) is 1. The molecule has 1 aliphatic heterocycles. The highest BCUT2D eigenvalue weighted by atomic mass is 16.6. The van der Waals surface area contributed by atoms with Crippen LogP contribution in [0.4, 0.5) is 0 Å². The molecular formula is C17H22O4. The van der Waals surface area contributed by atoms with Crippen molar-refractivity contribution in [2.75, 3.05) is 0 Å². The summed E-state index contributed by atoms with van der Waals surface area (Å²) < 4.78 is 5.67. The Labute approximate surface area is 125 Å². The SMILES string of the molecule is CCCC(C=CC1(O)CCc2ccccc2O1)CC(=O)O. The van der Waals surface area contributed by atoms with Gasteiger partial charge in [0.1, 0.15) is 5.75 Å². The molecule has 0 saturated heterocycles. The topological polar surface area (TPSA) is 66.8 Å². The third-order valence-corrected chi connectivity index (χ3v) is 3.74. The monoisotopic (exact) mass is 290 g/mol. The highest BCUT2D eigenvalue weighted by Crippen LogP contribution is 2.32. The second-order valence-corrected chi connectivity index (χ2v) is 5.56. The Morgan fingerprint density at radius 1 is 1.48 bits per heavy atom. The average molecular weight is 290 g/mol. The number of hydrogen-bond donors (Lipinski definition) is 2. The van der Waals surface area contributed by atoms with Gasteiger partial charge in [-0.05, 0) is 36.5 Å². The van der Waals surface area contributed by atoms with Crippen LogP contribution in [0.3, 0.4) is 0 Å². The van der Waals surface area contributed by atoms with Crippen LogP contribution in [0.2, 0.25) is 0 Å². The first-order valence-electron chi connectivity index (χ1n) is 7.43. The third-order valence-electron chi connectivity index (χ3n) is 3.74. The fraction of sp³-hybridized carbons (Fsp3) is 0.471. The number of para-hydroxylation sites is 1. The van der Waals surface area contributed by atoms with Gasteiger partial charge in [0.05, 0.1) is 6.42 Å². The Kier molecular flexibility index (Phi) is 5.02. The fourth-order valence-corrected chi connectivity index (χ4v) is 2.63. The Bertz CT molecular complexity index is 523. The number of carboxylic acids is 1. The molecule has 0 spiro atoms.